The van der Waals surface area contributed by atoms with E-state index in [1.165, 1.54) is 61.6 Å². The van der Waals surface area contributed by atoms with Gasteiger partial charge in [0.25, 0.3) is 0 Å². The Morgan fingerprint density at radius 1 is 1.06 bits per heavy atom. The Bertz CT molecular complexity index is 1050. The Morgan fingerprint density at radius 2 is 1.74 bits per heavy atom. The van der Waals surface area contributed by atoms with E-state index in [2.05, 4.69) is 32.5 Å². The van der Waals surface area contributed by atoms with Crippen molar-refractivity contribution >= 4 is 40.1 Å². The van der Waals surface area contributed by atoms with Gasteiger partial charge in [-0.3, -0.25) is 9.59 Å². The zero-order valence-corrected chi connectivity index (χ0v) is 19.0. The number of benzene rings is 2. The minimum absolute atomic E-state index is 0.100. The van der Waals surface area contributed by atoms with Crippen LogP contribution < -0.4 is 15.4 Å². The van der Waals surface area contributed by atoms with Crippen LogP contribution in [-0.2, 0) is 9.59 Å². The number of anilines is 1. The minimum atomic E-state index is -4.78. The summed E-state index contributed by atoms with van der Waals surface area (Å²) in [5, 5.41) is 5.06. The number of nitrogens with zero attached hydrogens (tertiary/aromatic N) is 1. The fourth-order valence-corrected chi connectivity index (χ4v) is 5.07. The Kier molecular flexibility index (Phi) is 7.45. The molecule has 180 valence electrons. The molecule has 2 N–H and O–H groups in total. The van der Waals surface area contributed by atoms with Gasteiger partial charge in [-0.25, -0.2) is 4.99 Å². The molecule has 2 aromatic carbocycles. The molecule has 10 heteroatoms. The van der Waals surface area contributed by atoms with Gasteiger partial charge in [-0.05, 0) is 60.7 Å². The number of thioether (sulfide) groups is 1. The number of rotatable bonds is 6. The van der Waals surface area contributed by atoms with Gasteiger partial charge in [0.2, 0.25) is 11.8 Å². The first-order valence-corrected chi connectivity index (χ1v) is 11.9. The minimum Gasteiger partial charge on any atom is -0.406 e. The predicted octanol–water partition coefficient (Wildman–Crippen LogP) is 5.88. The fourth-order valence-electron chi connectivity index (χ4n) is 4.09. The van der Waals surface area contributed by atoms with E-state index in [1.54, 1.807) is 0 Å². The highest BCUT2D eigenvalue weighted by Gasteiger charge is 2.33. The van der Waals surface area contributed by atoms with Gasteiger partial charge in [0, 0.05) is 12.1 Å². The predicted molar refractivity (Wildman–Crippen MR) is 125 cm³/mol. The van der Waals surface area contributed by atoms with E-state index in [-0.39, 0.29) is 18.1 Å². The number of halogens is 3. The number of carbonyl (C=O) groups is 2. The van der Waals surface area contributed by atoms with Crippen molar-refractivity contribution in [3.63, 3.8) is 0 Å². The number of amides is 2. The molecule has 4 rings (SSSR count). The number of carbonyl (C=O) groups excluding carboxylic acids is 2. The maximum atomic E-state index is 12.3. The SMILES string of the molecule is O=C(CC1SC(=Nc2ccc(C3CCCCC3)cc2)NC1=O)Nc1ccc(OC(F)(F)F)cc1. The molecule has 1 aliphatic carbocycles. The molecule has 34 heavy (non-hydrogen) atoms. The van der Waals surface area contributed by atoms with Crippen LogP contribution in [0, 0.1) is 0 Å². The van der Waals surface area contributed by atoms with Gasteiger partial charge in [-0.1, -0.05) is 43.2 Å². The number of hydrogen-bond donors (Lipinski definition) is 2. The number of nitrogens with one attached hydrogen (secondary N) is 2. The zero-order chi connectivity index (χ0) is 24.1. The average molecular weight is 492 g/mol. The van der Waals surface area contributed by atoms with Crippen LogP contribution >= 0.6 is 11.8 Å². The second kappa shape index (κ2) is 10.5. The van der Waals surface area contributed by atoms with Crippen LogP contribution in [0.5, 0.6) is 5.75 Å². The summed E-state index contributed by atoms with van der Waals surface area (Å²) < 4.78 is 40.5. The third-order valence-corrected chi connectivity index (χ3v) is 6.80. The van der Waals surface area contributed by atoms with Gasteiger partial charge in [-0.15, -0.1) is 13.2 Å². The summed E-state index contributed by atoms with van der Waals surface area (Å²) in [5.41, 5.74) is 2.35. The lowest BCUT2D eigenvalue weighted by atomic mass is 9.84. The number of aliphatic imine (C=N–C) groups is 1. The van der Waals surface area contributed by atoms with Gasteiger partial charge in [0.1, 0.15) is 11.0 Å². The van der Waals surface area contributed by atoms with Crippen molar-refractivity contribution in [2.24, 2.45) is 4.99 Å². The van der Waals surface area contributed by atoms with Crippen molar-refractivity contribution in [3.05, 3.63) is 54.1 Å². The van der Waals surface area contributed by atoms with Gasteiger partial charge >= 0.3 is 6.36 Å². The highest BCUT2D eigenvalue weighted by atomic mass is 32.2. The van der Waals surface area contributed by atoms with Crippen LogP contribution in [0.1, 0.15) is 50.0 Å². The first-order valence-electron chi connectivity index (χ1n) is 11.1. The number of amidine groups is 1. The quantitative estimate of drug-likeness (QED) is 0.529. The highest BCUT2D eigenvalue weighted by molar-refractivity contribution is 8.15. The molecular formula is C24H24F3N3O3S. The molecule has 1 aliphatic heterocycles. The van der Waals surface area contributed by atoms with Crippen LogP contribution in [0.3, 0.4) is 0 Å². The molecule has 1 saturated heterocycles. The molecule has 1 saturated carbocycles. The number of hydrogen-bond acceptors (Lipinski definition) is 5. The van der Waals surface area contributed by atoms with Gasteiger partial charge < -0.3 is 15.4 Å². The Balaban J connectivity index is 1.30. The highest BCUT2D eigenvalue weighted by Crippen LogP contribution is 2.34. The molecule has 2 amide bonds. The van der Waals surface area contributed by atoms with Crippen molar-refractivity contribution in [2.45, 2.75) is 56.1 Å². The third-order valence-electron chi connectivity index (χ3n) is 5.72. The standard InChI is InChI=1S/C24H24F3N3O3S/c25-24(26,27)33-19-12-10-17(11-13-19)28-21(31)14-20-22(32)30-23(34-20)29-18-8-6-16(7-9-18)15-4-2-1-3-5-15/h6-13,15,20H,1-5,14H2,(H,28,31)(H,29,30,32). The summed E-state index contributed by atoms with van der Waals surface area (Å²) in [6.45, 7) is 0. The van der Waals surface area contributed by atoms with Gasteiger partial charge in [0.15, 0.2) is 5.17 Å². The zero-order valence-electron chi connectivity index (χ0n) is 18.2. The van der Waals surface area contributed by atoms with E-state index in [0.717, 1.165) is 17.8 Å². The molecule has 2 aromatic rings. The lowest BCUT2D eigenvalue weighted by molar-refractivity contribution is -0.274. The number of alkyl halides is 3. The van der Waals surface area contributed by atoms with Crippen molar-refractivity contribution in [3.8, 4) is 5.75 Å². The largest absolute Gasteiger partial charge is 0.573 e. The van der Waals surface area contributed by atoms with E-state index in [9.17, 15) is 22.8 Å². The van der Waals surface area contributed by atoms with Crippen molar-refractivity contribution in [1.29, 1.82) is 0 Å². The maximum Gasteiger partial charge on any atom is 0.573 e. The number of ether oxygens (including phenoxy) is 1. The normalized spacial score (nSPS) is 20.3. The van der Waals surface area contributed by atoms with E-state index < -0.39 is 17.5 Å². The van der Waals surface area contributed by atoms with Crippen LogP contribution in [0.15, 0.2) is 53.5 Å². The molecule has 0 aromatic heterocycles. The molecule has 0 radical (unpaired) electrons. The second-order valence-corrected chi connectivity index (χ2v) is 9.46. The van der Waals surface area contributed by atoms with E-state index >= 15 is 0 Å². The summed E-state index contributed by atoms with van der Waals surface area (Å²) in [5.74, 6) is -0.530. The smallest absolute Gasteiger partial charge is 0.406 e. The monoisotopic (exact) mass is 491 g/mol. The van der Waals surface area contributed by atoms with Gasteiger partial charge in [-0.2, -0.15) is 0 Å². The van der Waals surface area contributed by atoms with Crippen LogP contribution in [-0.4, -0.2) is 28.6 Å². The molecular weight excluding hydrogens is 467 g/mol. The first kappa shape index (κ1) is 24.1. The first-order chi connectivity index (χ1) is 16.2. The van der Waals surface area contributed by atoms with E-state index in [4.69, 9.17) is 0 Å². The molecule has 0 spiro atoms. The van der Waals surface area contributed by atoms with Crippen molar-refractivity contribution < 1.29 is 27.5 Å². The second-order valence-electron chi connectivity index (χ2n) is 8.26. The molecule has 1 unspecified atom stereocenters. The lowest BCUT2D eigenvalue weighted by Crippen LogP contribution is -2.28. The summed E-state index contributed by atoms with van der Waals surface area (Å²) >= 11 is 1.18. The topological polar surface area (TPSA) is 79.8 Å². The molecule has 1 heterocycles. The summed E-state index contributed by atoms with van der Waals surface area (Å²) in [6.07, 6.45) is 1.39. The third kappa shape index (κ3) is 6.75. The molecule has 1 atom stereocenters. The van der Waals surface area contributed by atoms with Crippen LogP contribution in [0.25, 0.3) is 0 Å². The summed E-state index contributed by atoms with van der Waals surface area (Å²) in [6, 6.07) is 12.9. The summed E-state index contributed by atoms with van der Waals surface area (Å²) in [7, 11) is 0. The van der Waals surface area contributed by atoms with E-state index in [0.29, 0.717) is 16.8 Å². The Labute approximate surface area is 199 Å². The van der Waals surface area contributed by atoms with Crippen molar-refractivity contribution in [1.82, 2.24) is 5.32 Å². The maximum absolute atomic E-state index is 12.3. The fraction of sp³-hybridized carbons (Fsp3) is 0.375. The lowest BCUT2D eigenvalue weighted by Gasteiger charge is -2.21. The Hall–Kier alpha value is -3.01. The average Bonchev–Trinajstić information content (AvgIpc) is 3.13. The Morgan fingerprint density at radius 3 is 2.38 bits per heavy atom. The van der Waals surface area contributed by atoms with E-state index in [1.807, 2.05) is 12.1 Å². The molecule has 6 nitrogen and oxygen atoms in total. The summed E-state index contributed by atoms with van der Waals surface area (Å²) in [4.78, 5) is 29.1. The van der Waals surface area contributed by atoms with Crippen LogP contribution in [0.2, 0.25) is 0 Å². The molecule has 2 aliphatic rings. The molecule has 0 bridgehead atoms. The van der Waals surface area contributed by atoms with Crippen molar-refractivity contribution in [2.75, 3.05) is 5.32 Å². The molecule has 2 fully saturated rings. The van der Waals surface area contributed by atoms with Crippen LogP contribution in [0.4, 0.5) is 24.5 Å². The van der Waals surface area contributed by atoms with Gasteiger partial charge in [0.05, 0.1) is 5.69 Å².